The highest BCUT2D eigenvalue weighted by Crippen LogP contribution is 2.61. The second-order valence-electron chi connectivity index (χ2n) is 8.52. The van der Waals surface area contributed by atoms with Gasteiger partial charge in [-0.1, -0.05) is 30.2 Å². The lowest BCUT2D eigenvalue weighted by atomic mass is 9.69. The fraction of sp³-hybridized carbons (Fsp3) is 0.478. The second kappa shape index (κ2) is 6.97. The molecule has 0 spiro atoms. The predicted octanol–water partition coefficient (Wildman–Crippen LogP) is 3.48. The normalized spacial score (nSPS) is 30.4. The molecule has 2 bridgehead atoms. The number of fused-ring (bicyclic) bond motifs is 5. The summed E-state index contributed by atoms with van der Waals surface area (Å²) in [4.78, 5) is 0.321. The van der Waals surface area contributed by atoms with E-state index in [0.29, 0.717) is 28.9 Å². The average molecular weight is 430 g/mol. The smallest absolute Gasteiger partial charge is 0.245 e. The zero-order chi connectivity index (χ0) is 21.1. The minimum atomic E-state index is -3.65. The summed E-state index contributed by atoms with van der Waals surface area (Å²) in [5, 5.41) is 0. The van der Waals surface area contributed by atoms with Crippen LogP contribution < -0.4 is 9.47 Å². The minimum absolute atomic E-state index is 0.0779. The van der Waals surface area contributed by atoms with E-state index in [1.54, 1.807) is 30.7 Å². The van der Waals surface area contributed by atoms with Gasteiger partial charge in [0.15, 0.2) is 11.5 Å². The molecule has 0 unspecified atom stereocenters. The molecule has 1 aliphatic carbocycles. The molecule has 1 saturated carbocycles. The molecule has 4 atom stereocenters. The molecule has 5 rings (SSSR count). The molecule has 6 nitrogen and oxygen atoms in total. The molecule has 2 saturated heterocycles. The third kappa shape index (κ3) is 2.65. The Labute approximate surface area is 177 Å². The summed E-state index contributed by atoms with van der Waals surface area (Å²) >= 11 is 0. The van der Waals surface area contributed by atoms with Gasteiger partial charge in [-0.25, -0.2) is 8.42 Å². The number of methoxy groups -OCH3 is 2. The van der Waals surface area contributed by atoms with Gasteiger partial charge in [0.05, 0.1) is 25.2 Å². The summed E-state index contributed by atoms with van der Waals surface area (Å²) in [6.07, 6.45) is 2.43. The molecule has 0 aromatic heterocycles. The van der Waals surface area contributed by atoms with Gasteiger partial charge in [-0.15, -0.1) is 0 Å². The Bertz CT molecular complexity index is 1070. The van der Waals surface area contributed by atoms with E-state index in [0.717, 1.165) is 30.4 Å². The van der Waals surface area contributed by atoms with Crippen LogP contribution in [0.5, 0.6) is 11.5 Å². The van der Waals surface area contributed by atoms with Gasteiger partial charge in [0.1, 0.15) is 6.23 Å². The first-order valence-corrected chi connectivity index (χ1v) is 11.8. The van der Waals surface area contributed by atoms with Crippen LogP contribution in [0.3, 0.4) is 0 Å². The maximum absolute atomic E-state index is 13.5. The zero-order valence-electron chi connectivity index (χ0n) is 17.5. The lowest BCUT2D eigenvalue weighted by Gasteiger charge is -2.42. The van der Waals surface area contributed by atoms with Gasteiger partial charge in [-0.2, -0.15) is 4.31 Å². The fourth-order valence-corrected chi connectivity index (χ4v) is 7.31. The monoisotopic (exact) mass is 429 g/mol. The van der Waals surface area contributed by atoms with Crippen molar-refractivity contribution < 1.29 is 22.6 Å². The van der Waals surface area contributed by atoms with Crippen LogP contribution in [-0.4, -0.2) is 45.8 Å². The molecule has 3 fully saturated rings. The number of nitrogens with zero attached hydrogens (tertiary/aromatic N) is 1. The number of ether oxygens (including phenoxy) is 3. The van der Waals surface area contributed by atoms with Crippen LogP contribution in [0, 0.1) is 12.8 Å². The van der Waals surface area contributed by atoms with Crippen molar-refractivity contribution in [3.05, 3.63) is 53.6 Å². The molecule has 2 aromatic rings. The minimum Gasteiger partial charge on any atom is -0.493 e. The Kier molecular flexibility index (Phi) is 4.61. The zero-order valence-corrected chi connectivity index (χ0v) is 18.3. The standard InChI is InChI=1S/C23H27NO5S/c1-15-6-9-17(10-7-15)30(25,26)24-14-21-18-5-4-12-23(18,22(24)29-21)16-8-11-19(27-2)20(13-16)28-3/h6-11,13,18,21-22H,4-5,12,14H2,1-3H3/t18-,21+,22+,23+/m0/s1. The lowest BCUT2D eigenvalue weighted by molar-refractivity contribution is 0.0402. The number of benzene rings is 2. The third-order valence-electron chi connectivity index (χ3n) is 7.13. The average Bonchev–Trinajstić information content (AvgIpc) is 3.45. The van der Waals surface area contributed by atoms with E-state index in [-0.39, 0.29) is 11.5 Å². The Morgan fingerprint density at radius 1 is 1.07 bits per heavy atom. The molecule has 3 aliphatic rings. The van der Waals surface area contributed by atoms with E-state index in [2.05, 4.69) is 0 Å². The van der Waals surface area contributed by atoms with E-state index < -0.39 is 16.3 Å². The molecule has 2 aliphatic heterocycles. The van der Waals surface area contributed by atoms with Crippen molar-refractivity contribution in [2.24, 2.45) is 5.92 Å². The molecular weight excluding hydrogens is 402 g/mol. The predicted molar refractivity (Wildman–Crippen MR) is 112 cm³/mol. The van der Waals surface area contributed by atoms with E-state index in [4.69, 9.17) is 14.2 Å². The topological polar surface area (TPSA) is 65.1 Å². The quantitative estimate of drug-likeness (QED) is 0.728. The van der Waals surface area contributed by atoms with Gasteiger partial charge >= 0.3 is 0 Å². The molecule has 160 valence electrons. The van der Waals surface area contributed by atoms with Crippen LogP contribution in [0.2, 0.25) is 0 Å². The van der Waals surface area contributed by atoms with Crippen molar-refractivity contribution in [1.29, 1.82) is 0 Å². The molecule has 0 amide bonds. The number of rotatable bonds is 5. The Balaban J connectivity index is 1.58. The van der Waals surface area contributed by atoms with Gasteiger partial charge in [0.2, 0.25) is 10.0 Å². The summed E-state index contributed by atoms with van der Waals surface area (Å²) in [5.74, 6) is 1.64. The number of piperidine rings is 1. The van der Waals surface area contributed by atoms with Crippen LogP contribution in [0.15, 0.2) is 47.4 Å². The fourth-order valence-electron chi connectivity index (χ4n) is 5.73. The highest BCUT2D eigenvalue weighted by atomic mass is 32.2. The van der Waals surface area contributed by atoms with Crippen molar-refractivity contribution in [2.75, 3.05) is 20.8 Å². The van der Waals surface area contributed by atoms with Crippen molar-refractivity contribution in [1.82, 2.24) is 4.31 Å². The third-order valence-corrected chi connectivity index (χ3v) is 8.96. The van der Waals surface area contributed by atoms with E-state index >= 15 is 0 Å². The summed E-state index contributed by atoms with van der Waals surface area (Å²) in [5.41, 5.74) is 1.74. The lowest BCUT2D eigenvalue weighted by Crippen LogP contribution is -2.54. The molecule has 2 aromatic carbocycles. The van der Waals surface area contributed by atoms with E-state index in [1.165, 1.54) is 0 Å². The first-order chi connectivity index (χ1) is 14.4. The summed E-state index contributed by atoms with van der Waals surface area (Å²) in [6.45, 7) is 2.37. The maximum atomic E-state index is 13.5. The number of sulfonamides is 1. The van der Waals surface area contributed by atoms with Gasteiger partial charge in [-0.05, 0) is 55.5 Å². The maximum Gasteiger partial charge on any atom is 0.245 e. The van der Waals surface area contributed by atoms with Crippen LogP contribution >= 0.6 is 0 Å². The van der Waals surface area contributed by atoms with Crippen molar-refractivity contribution in [2.45, 2.75) is 48.8 Å². The van der Waals surface area contributed by atoms with Crippen LogP contribution in [-0.2, 0) is 20.2 Å². The van der Waals surface area contributed by atoms with Crippen LogP contribution in [0.25, 0.3) is 0 Å². The highest BCUT2D eigenvalue weighted by Gasteiger charge is 2.67. The Morgan fingerprint density at radius 3 is 2.50 bits per heavy atom. The van der Waals surface area contributed by atoms with Gasteiger partial charge in [0, 0.05) is 12.0 Å². The van der Waals surface area contributed by atoms with Crippen molar-refractivity contribution in [3.8, 4) is 11.5 Å². The molecule has 2 heterocycles. The number of hydrogen-bond donors (Lipinski definition) is 0. The van der Waals surface area contributed by atoms with Gasteiger partial charge in [-0.3, -0.25) is 0 Å². The van der Waals surface area contributed by atoms with Crippen LogP contribution in [0.4, 0.5) is 0 Å². The summed E-state index contributed by atoms with van der Waals surface area (Å²) < 4.78 is 45.9. The first-order valence-electron chi connectivity index (χ1n) is 10.4. The summed E-state index contributed by atoms with van der Waals surface area (Å²) in [6, 6.07) is 13.0. The SMILES string of the molecule is COc1ccc([C@]23CCC[C@H]2[C@H]2CN(S(=O)(=O)c4ccc(C)cc4)[C@@H]3O2)cc1OC. The van der Waals surface area contributed by atoms with E-state index in [9.17, 15) is 8.42 Å². The molecule has 7 heteroatoms. The van der Waals surface area contributed by atoms with Gasteiger partial charge < -0.3 is 14.2 Å². The summed E-state index contributed by atoms with van der Waals surface area (Å²) in [7, 11) is -0.410. The van der Waals surface area contributed by atoms with Crippen molar-refractivity contribution >= 4 is 10.0 Å². The molecule has 30 heavy (non-hydrogen) atoms. The van der Waals surface area contributed by atoms with Crippen molar-refractivity contribution in [3.63, 3.8) is 0 Å². The van der Waals surface area contributed by atoms with Crippen LogP contribution in [0.1, 0.15) is 30.4 Å². The van der Waals surface area contributed by atoms with Gasteiger partial charge in [0.25, 0.3) is 0 Å². The Morgan fingerprint density at radius 2 is 1.80 bits per heavy atom. The number of hydrogen-bond acceptors (Lipinski definition) is 5. The Hall–Kier alpha value is -2.09. The molecular formula is C23H27NO5S. The number of aryl methyl sites for hydroxylation is 1. The highest BCUT2D eigenvalue weighted by molar-refractivity contribution is 7.89. The molecule has 0 N–H and O–H groups in total. The largest absolute Gasteiger partial charge is 0.493 e. The van der Waals surface area contributed by atoms with E-state index in [1.807, 2.05) is 37.3 Å². The second-order valence-corrected chi connectivity index (χ2v) is 10.4. The first kappa shape index (κ1) is 19.8. The molecule has 0 radical (unpaired) electrons.